The van der Waals surface area contributed by atoms with E-state index in [1.165, 1.54) is 24.8 Å². The van der Waals surface area contributed by atoms with Crippen LogP contribution in [0.2, 0.25) is 0 Å². The molecule has 1 aromatic carbocycles. The van der Waals surface area contributed by atoms with E-state index >= 15 is 0 Å². The van der Waals surface area contributed by atoms with Gasteiger partial charge in [0.05, 0.1) is 12.7 Å². The van der Waals surface area contributed by atoms with Gasteiger partial charge in [0.1, 0.15) is 5.75 Å². The van der Waals surface area contributed by atoms with Gasteiger partial charge in [-0.25, -0.2) is 0 Å². The molecule has 3 unspecified atom stereocenters. The van der Waals surface area contributed by atoms with E-state index in [9.17, 15) is 0 Å². The number of ether oxygens (including phenoxy) is 2. The predicted octanol–water partition coefficient (Wildman–Crippen LogP) is 2.71. The zero-order valence-corrected chi connectivity index (χ0v) is 11.6. The molecule has 1 fully saturated rings. The molecule has 1 aromatic rings. The summed E-state index contributed by atoms with van der Waals surface area (Å²) in [6.07, 6.45) is 5.21. The SMILES string of the molecule is COC1CCCC1NCC1CCOc2ccccc21. The Morgan fingerprint density at radius 1 is 1.26 bits per heavy atom. The van der Waals surface area contributed by atoms with Gasteiger partial charge < -0.3 is 14.8 Å². The summed E-state index contributed by atoms with van der Waals surface area (Å²) in [7, 11) is 1.83. The van der Waals surface area contributed by atoms with Crippen molar-refractivity contribution < 1.29 is 9.47 Å². The van der Waals surface area contributed by atoms with Crippen LogP contribution < -0.4 is 10.1 Å². The van der Waals surface area contributed by atoms with Crippen molar-refractivity contribution in [2.24, 2.45) is 0 Å². The lowest BCUT2D eigenvalue weighted by Crippen LogP contribution is -2.39. The fourth-order valence-corrected chi connectivity index (χ4v) is 3.36. The van der Waals surface area contributed by atoms with E-state index in [0.29, 0.717) is 18.1 Å². The molecule has 3 heteroatoms. The molecule has 3 atom stereocenters. The van der Waals surface area contributed by atoms with E-state index in [2.05, 4.69) is 23.5 Å². The molecule has 3 nitrogen and oxygen atoms in total. The second kappa shape index (κ2) is 5.93. The maximum atomic E-state index is 5.72. The molecule has 0 saturated heterocycles. The first-order chi connectivity index (χ1) is 9.38. The first-order valence-corrected chi connectivity index (χ1v) is 7.36. The lowest BCUT2D eigenvalue weighted by molar-refractivity contribution is 0.0842. The number of nitrogens with one attached hydrogen (secondary N) is 1. The molecule has 1 aliphatic carbocycles. The highest BCUT2D eigenvalue weighted by atomic mass is 16.5. The Kier molecular flexibility index (Phi) is 4.04. The van der Waals surface area contributed by atoms with Crippen molar-refractivity contribution >= 4 is 0 Å². The molecule has 0 spiro atoms. The van der Waals surface area contributed by atoms with Crippen molar-refractivity contribution in [3.63, 3.8) is 0 Å². The lowest BCUT2D eigenvalue weighted by Gasteiger charge is -2.28. The van der Waals surface area contributed by atoms with Crippen molar-refractivity contribution in [1.82, 2.24) is 5.32 Å². The summed E-state index contributed by atoms with van der Waals surface area (Å²) in [4.78, 5) is 0. The van der Waals surface area contributed by atoms with Gasteiger partial charge in [-0.1, -0.05) is 18.2 Å². The Hall–Kier alpha value is -1.06. The highest BCUT2D eigenvalue weighted by molar-refractivity contribution is 5.37. The molecular formula is C16H23NO2. The summed E-state index contributed by atoms with van der Waals surface area (Å²) < 4.78 is 11.3. The van der Waals surface area contributed by atoms with Crippen molar-refractivity contribution in [2.45, 2.75) is 43.7 Å². The van der Waals surface area contributed by atoms with Gasteiger partial charge in [-0.2, -0.15) is 0 Å². The number of rotatable bonds is 4. The van der Waals surface area contributed by atoms with E-state index in [1.54, 1.807) is 0 Å². The quantitative estimate of drug-likeness (QED) is 0.904. The van der Waals surface area contributed by atoms with E-state index < -0.39 is 0 Å². The van der Waals surface area contributed by atoms with Crippen LogP contribution in [0.4, 0.5) is 0 Å². The van der Waals surface area contributed by atoms with Crippen LogP contribution in [0.5, 0.6) is 5.75 Å². The molecule has 1 N–H and O–H groups in total. The standard InChI is InChI=1S/C16H23NO2/c1-18-16-8-4-6-14(16)17-11-12-9-10-19-15-7-3-2-5-13(12)15/h2-3,5,7,12,14,16-17H,4,6,8-11H2,1H3. The van der Waals surface area contributed by atoms with Gasteiger partial charge in [-0.3, -0.25) is 0 Å². The van der Waals surface area contributed by atoms with Crippen LogP contribution in [0.25, 0.3) is 0 Å². The highest BCUT2D eigenvalue weighted by Gasteiger charge is 2.28. The largest absolute Gasteiger partial charge is 0.493 e. The molecule has 3 rings (SSSR count). The molecular weight excluding hydrogens is 238 g/mol. The molecule has 0 aromatic heterocycles. The van der Waals surface area contributed by atoms with E-state index in [4.69, 9.17) is 9.47 Å². The maximum Gasteiger partial charge on any atom is 0.122 e. The number of methoxy groups -OCH3 is 1. The normalized spacial score (nSPS) is 29.8. The number of fused-ring (bicyclic) bond motifs is 1. The minimum absolute atomic E-state index is 0.398. The predicted molar refractivity (Wildman–Crippen MR) is 75.7 cm³/mol. The van der Waals surface area contributed by atoms with Crippen molar-refractivity contribution in [1.29, 1.82) is 0 Å². The molecule has 104 valence electrons. The molecule has 0 bridgehead atoms. The first-order valence-electron chi connectivity index (χ1n) is 7.36. The Morgan fingerprint density at radius 2 is 2.16 bits per heavy atom. The minimum Gasteiger partial charge on any atom is -0.493 e. The molecule has 0 radical (unpaired) electrons. The fourth-order valence-electron chi connectivity index (χ4n) is 3.36. The first kappa shape index (κ1) is 12.9. The average molecular weight is 261 g/mol. The monoisotopic (exact) mass is 261 g/mol. The average Bonchev–Trinajstić information content (AvgIpc) is 2.92. The summed E-state index contributed by atoms with van der Waals surface area (Å²) in [6, 6.07) is 8.96. The van der Waals surface area contributed by atoms with Gasteiger partial charge in [0.25, 0.3) is 0 Å². The van der Waals surface area contributed by atoms with Gasteiger partial charge in [-0.15, -0.1) is 0 Å². The van der Waals surface area contributed by atoms with Crippen molar-refractivity contribution in [2.75, 3.05) is 20.3 Å². The summed E-state index contributed by atoms with van der Waals surface area (Å²) >= 11 is 0. The highest BCUT2D eigenvalue weighted by Crippen LogP contribution is 2.33. The van der Waals surface area contributed by atoms with E-state index in [1.807, 2.05) is 13.2 Å². The van der Waals surface area contributed by atoms with Gasteiger partial charge in [-0.05, 0) is 37.3 Å². The zero-order chi connectivity index (χ0) is 13.1. The topological polar surface area (TPSA) is 30.5 Å². The molecule has 1 saturated carbocycles. The Balaban J connectivity index is 1.62. The summed E-state index contributed by atoms with van der Waals surface area (Å²) in [6.45, 7) is 1.87. The van der Waals surface area contributed by atoms with Crippen LogP contribution in [0, 0.1) is 0 Å². The van der Waals surface area contributed by atoms with Crippen LogP contribution in [-0.4, -0.2) is 32.4 Å². The van der Waals surface area contributed by atoms with Gasteiger partial charge in [0, 0.05) is 25.6 Å². The maximum absolute atomic E-state index is 5.72. The molecule has 19 heavy (non-hydrogen) atoms. The number of hydrogen-bond donors (Lipinski definition) is 1. The summed E-state index contributed by atoms with van der Waals surface area (Å²) in [5.74, 6) is 1.64. The Morgan fingerprint density at radius 3 is 3.05 bits per heavy atom. The van der Waals surface area contributed by atoms with Crippen molar-refractivity contribution in [3.05, 3.63) is 29.8 Å². The zero-order valence-electron chi connectivity index (χ0n) is 11.6. The van der Waals surface area contributed by atoms with Crippen LogP contribution in [0.3, 0.4) is 0 Å². The summed E-state index contributed by atoms with van der Waals surface area (Å²) in [5.41, 5.74) is 1.35. The molecule has 1 heterocycles. The molecule has 0 amide bonds. The fraction of sp³-hybridized carbons (Fsp3) is 0.625. The smallest absolute Gasteiger partial charge is 0.122 e. The molecule has 1 aliphatic heterocycles. The van der Waals surface area contributed by atoms with E-state index in [-0.39, 0.29) is 0 Å². The minimum atomic E-state index is 0.398. The van der Waals surface area contributed by atoms with Gasteiger partial charge >= 0.3 is 0 Å². The lowest BCUT2D eigenvalue weighted by atomic mass is 9.93. The third kappa shape index (κ3) is 2.77. The number of para-hydroxylation sites is 1. The molecule has 2 aliphatic rings. The number of benzene rings is 1. The third-order valence-electron chi connectivity index (χ3n) is 4.46. The van der Waals surface area contributed by atoms with Gasteiger partial charge in [0.2, 0.25) is 0 Å². The second-order valence-corrected chi connectivity index (χ2v) is 5.59. The van der Waals surface area contributed by atoms with Crippen LogP contribution >= 0.6 is 0 Å². The van der Waals surface area contributed by atoms with E-state index in [0.717, 1.165) is 25.3 Å². The summed E-state index contributed by atoms with van der Waals surface area (Å²) in [5, 5.41) is 3.71. The third-order valence-corrected chi connectivity index (χ3v) is 4.46. The van der Waals surface area contributed by atoms with Crippen LogP contribution in [-0.2, 0) is 4.74 Å². The van der Waals surface area contributed by atoms with Crippen molar-refractivity contribution in [3.8, 4) is 5.75 Å². The Labute approximate surface area is 115 Å². The Bertz CT molecular complexity index is 421. The van der Waals surface area contributed by atoms with Gasteiger partial charge in [0.15, 0.2) is 0 Å². The van der Waals surface area contributed by atoms with Crippen LogP contribution in [0.1, 0.15) is 37.2 Å². The second-order valence-electron chi connectivity index (χ2n) is 5.59. The number of hydrogen-bond acceptors (Lipinski definition) is 3. The van der Waals surface area contributed by atoms with Crippen LogP contribution in [0.15, 0.2) is 24.3 Å².